The largest absolute Gasteiger partial charge is 0.416 e. The molecule has 0 N–H and O–H groups in total. The van der Waals surface area contributed by atoms with Crippen LogP contribution in [-0.2, 0) is 19.1 Å². The third-order valence-corrected chi connectivity index (χ3v) is 7.27. The molecule has 0 saturated carbocycles. The van der Waals surface area contributed by atoms with Gasteiger partial charge in [-0.3, -0.25) is 4.90 Å². The number of hydrogen-bond donors (Lipinski definition) is 0. The van der Waals surface area contributed by atoms with E-state index in [0.717, 1.165) is 37.1 Å². The van der Waals surface area contributed by atoms with Crippen molar-refractivity contribution >= 4 is 16.6 Å². The van der Waals surface area contributed by atoms with E-state index in [1.54, 1.807) is 23.0 Å². The number of imidazole rings is 1. The Labute approximate surface area is 236 Å². The molecule has 2 aromatic carbocycles. The third-order valence-electron chi connectivity index (χ3n) is 7.27. The van der Waals surface area contributed by atoms with Crippen LogP contribution in [0.4, 0.5) is 13.2 Å². The van der Waals surface area contributed by atoms with Gasteiger partial charge in [0.05, 0.1) is 23.0 Å². The van der Waals surface area contributed by atoms with Gasteiger partial charge in [-0.05, 0) is 66.9 Å². The van der Waals surface area contributed by atoms with E-state index in [1.165, 1.54) is 12.1 Å². The second kappa shape index (κ2) is 11.4. The van der Waals surface area contributed by atoms with Crippen LogP contribution >= 0.6 is 0 Å². The van der Waals surface area contributed by atoms with Crippen LogP contribution in [0.1, 0.15) is 46.6 Å². The number of halogens is 3. The lowest BCUT2D eigenvalue weighted by Gasteiger charge is -2.32. The number of benzene rings is 2. The highest BCUT2D eigenvalue weighted by molar-refractivity contribution is 5.86. The van der Waals surface area contributed by atoms with Gasteiger partial charge in [-0.25, -0.2) is 9.50 Å². The van der Waals surface area contributed by atoms with Crippen LogP contribution in [0.2, 0.25) is 0 Å². The molecule has 7 nitrogen and oxygen atoms in total. The minimum absolute atomic E-state index is 0. The van der Waals surface area contributed by atoms with E-state index in [-0.39, 0.29) is 13.8 Å². The number of alkyl halides is 3. The maximum atomic E-state index is 13.8. The molecule has 3 aromatic heterocycles. The van der Waals surface area contributed by atoms with Crippen molar-refractivity contribution in [2.24, 2.45) is 0 Å². The van der Waals surface area contributed by atoms with Gasteiger partial charge >= 0.3 is 6.18 Å². The molecule has 1 fully saturated rings. The summed E-state index contributed by atoms with van der Waals surface area (Å²) in [6.45, 7) is 5.84. The number of rotatable bonds is 4. The Morgan fingerprint density at radius 3 is 2.56 bits per heavy atom. The predicted molar refractivity (Wildman–Crippen MR) is 151 cm³/mol. The summed E-state index contributed by atoms with van der Waals surface area (Å²) in [5.74, 6) is 6.29. The fourth-order valence-electron chi connectivity index (χ4n) is 5.05. The average molecular weight is 561 g/mol. The van der Waals surface area contributed by atoms with E-state index in [9.17, 15) is 13.2 Å². The topological polar surface area (TPSA) is 62.7 Å². The molecule has 0 atom stereocenters. The average Bonchev–Trinajstić information content (AvgIpc) is 3.53. The van der Waals surface area contributed by atoms with Crippen LogP contribution in [0.3, 0.4) is 0 Å². The molecule has 0 spiro atoms. The van der Waals surface area contributed by atoms with Crippen LogP contribution in [-0.4, -0.2) is 62.8 Å². The lowest BCUT2D eigenvalue weighted by Crippen LogP contribution is -2.43. The Morgan fingerprint density at radius 1 is 1.00 bits per heavy atom. The molecule has 212 valence electrons. The molecule has 0 unspecified atom stereocenters. The van der Waals surface area contributed by atoms with Crippen LogP contribution in [0, 0.1) is 18.8 Å². The Morgan fingerprint density at radius 2 is 1.78 bits per heavy atom. The Hall–Kier alpha value is -4.20. The molecule has 1 saturated heterocycles. The Kier molecular flexibility index (Phi) is 7.84. The van der Waals surface area contributed by atoms with E-state index in [0.29, 0.717) is 45.9 Å². The highest BCUT2D eigenvalue weighted by Gasteiger charge is 2.31. The maximum absolute atomic E-state index is 13.8. The van der Waals surface area contributed by atoms with E-state index in [4.69, 9.17) is 4.52 Å². The van der Waals surface area contributed by atoms with E-state index >= 15 is 0 Å². The van der Waals surface area contributed by atoms with E-state index in [1.807, 2.05) is 31.2 Å². The van der Waals surface area contributed by atoms with Gasteiger partial charge in [0.15, 0.2) is 11.2 Å². The SMILES string of the molecule is C.Cc1ccc2c(Cc3cc(CN4CCN(C)CC4)cc(C(F)(F)F)c3)noc2c1C#Cc1cnc2cccnn12. The molecule has 10 heteroatoms. The summed E-state index contributed by atoms with van der Waals surface area (Å²) in [7, 11) is 2.05. The maximum Gasteiger partial charge on any atom is 0.416 e. The second-order valence-corrected chi connectivity index (χ2v) is 10.2. The van der Waals surface area contributed by atoms with Crippen molar-refractivity contribution < 1.29 is 17.7 Å². The number of piperazine rings is 1. The molecule has 0 aliphatic carbocycles. The summed E-state index contributed by atoms with van der Waals surface area (Å²) < 4.78 is 48.9. The Balaban J connectivity index is 0.00000337. The number of nitrogens with zero attached hydrogens (tertiary/aromatic N) is 6. The van der Waals surface area contributed by atoms with E-state index < -0.39 is 11.7 Å². The fraction of sp³-hybridized carbons (Fsp3) is 0.323. The number of aryl methyl sites for hydroxylation is 1. The van der Waals surface area contributed by atoms with Crippen molar-refractivity contribution in [1.82, 2.24) is 29.6 Å². The number of hydrogen-bond acceptors (Lipinski definition) is 6. The van der Waals surface area contributed by atoms with Crippen LogP contribution in [0.25, 0.3) is 16.6 Å². The number of fused-ring (bicyclic) bond motifs is 2. The van der Waals surface area contributed by atoms with Crippen molar-refractivity contribution in [1.29, 1.82) is 0 Å². The summed E-state index contributed by atoms with van der Waals surface area (Å²) in [6.07, 6.45) is -0.909. The Bertz CT molecular complexity index is 1750. The lowest BCUT2D eigenvalue weighted by molar-refractivity contribution is -0.137. The molecule has 41 heavy (non-hydrogen) atoms. The molecule has 0 amide bonds. The lowest BCUT2D eigenvalue weighted by atomic mass is 9.98. The standard InChI is InChI=1S/C30H27F3N6O.CH4/c1-20-5-7-26-27(36-40-29(26)25(20)8-6-24-18-34-28-4-3-9-35-39(24)28)17-21-14-22(16-23(15-21)30(31,32)33)19-38-12-10-37(2)11-13-38;/h3-5,7,9,14-16,18H,10-13,17,19H2,1-2H3;1H4. The molecule has 0 radical (unpaired) electrons. The van der Waals surface area contributed by atoms with Crippen molar-refractivity contribution in [2.45, 2.75) is 33.5 Å². The summed E-state index contributed by atoms with van der Waals surface area (Å²) in [5, 5.41) is 9.28. The zero-order valence-corrected chi connectivity index (χ0v) is 22.2. The number of likely N-dealkylation sites (N-methyl/N-ethyl adjacent to an activating group) is 1. The summed E-state index contributed by atoms with van der Waals surface area (Å²) in [5.41, 5.74) is 4.50. The van der Waals surface area contributed by atoms with Gasteiger partial charge in [0.2, 0.25) is 0 Å². The first-order valence-electron chi connectivity index (χ1n) is 13.0. The molecule has 1 aliphatic rings. The van der Waals surface area contributed by atoms with Gasteiger partial charge in [0, 0.05) is 50.7 Å². The normalized spacial score (nSPS) is 14.7. The first-order valence-corrected chi connectivity index (χ1v) is 13.0. The predicted octanol–water partition coefficient (Wildman–Crippen LogP) is 5.57. The number of aromatic nitrogens is 4. The zero-order valence-electron chi connectivity index (χ0n) is 22.2. The summed E-state index contributed by atoms with van der Waals surface area (Å²) >= 11 is 0. The molecule has 0 bridgehead atoms. The fourth-order valence-corrected chi connectivity index (χ4v) is 5.05. The first kappa shape index (κ1) is 28.3. The summed E-state index contributed by atoms with van der Waals surface area (Å²) in [4.78, 5) is 8.73. The van der Waals surface area contributed by atoms with E-state index in [2.05, 4.69) is 43.9 Å². The highest BCUT2D eigenvalue weighted by Crippen LogP contribution is 2.33. The summed E-state index contributed by atoms with van der Waals surface area (Å²) in [6, 6.07) is 11.8. The molecule has 5 aromatic rings. The molecule has 6 rings (SSSR count). The van der Waals surface area contributed by atoms with Crippen LogP contribution in [0.5, 0.6) is 0 Å². The first-order chi connectivity index (χ1) is 19.2. The minimum atomic E-state index is -4.44. The molecular formula is C31H31F3N6O. The second-order valence-electron chi connectivity index (χ2n) is 10.2. The van der Waals surface area contributed by atoms with Gasteiger partial charge < -0.3 is 9.42 Å². The van der Waals surface area contributed by atoms with Gasteiger partial charge in [0.1, 0.15) is 5.69 Å². The minimum Gasteiger partial charge on any atom is -0.355 e. The highest BCUT2D eigenvalue weighted by atomic mass is 19.4. The smallest absolute Gasteiger partial charge is 0.355 e. The molecule has 1 aliphatic heterocycles. The van der Waals surface area contributed by atoms with Gasteiger partial charge in [-0.15, -0.1) is 0 Å². The van der Waals surface area contributed by atoms with Gasteiger partial charge in [0.25, 0.3) is 0 Å². The van der Waals surface area contributed by atoms with Crippen LogP contribution < -0.4 is 0 Å². The van der Waals surface area contributed by atoms with Gasteiger partial charge in [-0.1, -0.05) is 30.6 Å². The molecular weight excluding hydrogens is 529 g/mol. The van der Waals surface area contributed by atoms with Crippen molar-refractivity contribution in [2.75, 3.05) is 33.2 Å². The zero-order chi connectivity index (χ0) is 27.9. The van der Waals surface area contributed by atoms with Crippen molar-refractivity contribution in [3.8, 4) is 11.8 Å². The molecule has 4 heterocycles. The van der Waals surface area contributed by atoms with Gasteiger partial charge in [-0.2, -0.15) is 18.3 Å². The quantitative estimate of drug-likeness (QED) is 0.268. The van der Waals surface area contributed by atoms with Crippen molar-refractivity contribution in [3.63, 3.8) is 0 Å². The monoisotopic (exact) mass is 560 g/mol. The van der Waals surface area contributed by atoms with Crippen LogP contribution in [0.15, 0.2) is 59.4 Å². The van der Waals surface area contributed by atoms with Crippen molar-refractivity contribution in [3.05, 3.63) is 94.1 Å². The third kappa shape index (κ3) is 5.97.